The Morgan fingerprint density at radius 3 is 3.00 bits per heavy atom. The van der Waals surface area contributed by atoms with Crippen LogP contribution in [0.2, 0.25) is 0 Å². The van der Waals surface area contributed by atoms with Gasteiger partial charge in [0.1, 0.15) is 5.82 Å². The highest BCUT2D eigenvalue weighted by Crippen LogP contribution is 2.04. The van der Waals surface area contributed by atoms with Crippen LogP contribution in [0.25, 0.3) is 0 Å². The van der Waals surface area contributed by atoms with Crippen molar-refractivity contribution in [3.05, 3.63) is 24.4 Å². The van der Waals surface area contributed by atoms with Crippen LogP contribution in [0.15, 0.2) is 24.4 Å². The molecule has 1 atom stereocenters. The van der Waals surface area contributed by atoms with E-state index >= 15 is 0 Å². The van der Waals surface area contributed by atoms with Gasteiger partial charge in [-0.05, 0) is 24.6 Å². The molecule has 4 nitrogen and oxygen atoms in total. The lowest BCUT2D eigenvalue weighted by molar-refractivity contribution is -0.116. The molecule has 1 aromatic rings. The number of rotatable bonds is 4. The van der Waals surface area contributed by atoms with Gasteiger partial charge < -0.3 is 11.1 Å². The molecular weight excluding hydrogens is 178 g/mol. The number of nitrogens with one attached hydrogen (secondary N) is 1. The highest BCUT2D eigenvalue weighted by molar-refractivity contribution is 5.89. The van der Waals surface area contributed by atoms with Gasteiger partial charge in [0, 0.05) is 12.6 Å². The molecule has 0 fully saturated rings. The van der Waals surface area contributed by atoms with E-state index in [1.807, 2.05) is 13.0 Å². The largest absolute Gasteiger partial charge is 0.330 e. The minimum atomic E-state index is -0.0401. The molecule has 4 heteroatoms. The SMILES string of the molecule is CC(CN)CC(=O)Nc1ccccn1. The number of hydrogen-bond acceptors (Lipinski definition) is 3. The summed E-state index contributed by atoms with van der Waals surface area (Å²) in [6.07, 6.45) is 2.08. The number of anilines is 1. The van der Waals surface area contributed by atoms with Crippen LogP contribution in [0, 0.1) is 5.92 Å². The number of pyridine rings is 1. The summed E-state index contributed by atoms with van der Waals surface area (Å²) in [6.45, 7) is 2.47. The molecule has 14 heavy (non-hydrogen) atoms. The van der Waals surface area contributed by atoms with E-state index in [0.717, 1.165) is 0 Å². The fourth-order valence-corrected chi connectivity index (χ4v) is 1.03. The van der Waals surface area contributed by atoms with E-state index in [0.29, 0.717) is 18.8 Å². The molecule has 1 aromatic heterocycles. The van der Waals surface area contributed by atoms with Crippen LogP contribution in [0.4, 0.5) is 5.82 Å². The van der Waals surface area contributed by atoms with Crippen LogP contribution in [-0.4, -0.2) is 17.4 Å². The minimum absolute atomic E-state index is 0.0401. The van der Waals surface area contributed by atoms with Crippen molar-refractivity contribution in [1.82, 2.24) is 4.98 Å². The molecule has 1 heterocycles. The molecule has 0 aliphatic heterocycles. The standard InChI is InChI=1S/C10H15N3O/c1-8(7-11)6-10(14)13-9-4-2-3-5-12-9/h2-5,8H,6-7,11H2,1H3,(H,12,13,14). The summed E-state index contributed by atoms with van der Waals surface area (Å²) >= 11 is 0. The lowest BCUT2D eigenvalue weighted by Gasteiger charge is -2.07. The highest BCUT2D eigenvalue weighted by Gasteiger charge is 2.07. The third kappa shape index (κ3) is 3.53. The molecular formula is C10H15N3O. The van der Waals surface area contributed by atoms with Gasteiger partial charge >= 0.3 is 0 Å². The van der Waals surface area contributed by atoms with E-state index in [2.05, 4.69) is 10.3 Å². The van der Waals surface area contributed by atoms with Crippen molar-refractivity contribution in [2.75, 3.05) is 11.9 Å². The number of carbonyl (C=O) groups is 1. The second-order valence-electron chi connectivity index (χ2n) is 3.31. The average molecular weight is 193 g/mol. The zero-order valence-electron chi connectivity index (χ0n) is 8.23. The van der Waals surface area contributed by atoms with E-state index in [1.165, 1.54) is 0 Å². The van der Waals surface area contributed by atoms with Gasteiger partial charge in [-0.15, -0.1) is 0 Å². The Hall–Kier alpha value is -1.42. The summed E-state index contributed by atoms with van der Waals surface area (Å²) in [5.74, 6) is 0.752. The van der Waals surface area contributed by atoms with E-state index < -0.39 is 0 Å². The Morgan fingerprint density at radius 1 is 1.64 bits per heavy atom. The van der Waals surface area contributed by atoms with Crippen LogP contribution < -0.4 is 11.1 Å². The Morgan fingerprint density at radius 2 is 2.43 bits per heavy atom. The summed E-state index contributed by atoms with van der Waals surface area (Å²) in [4.78, 5) is 15.4. The molecule has 0 spiro atoms. The van der Waals surface area contributed by atoms with Crippen molar-refractivity contribution in [2.45, 2.75) is 13.3 Å². The molecule has 1 amide bonds. The lowest BCUT2D eigenvalue weighted by Crippen LogP contribution is -2.20. The van der Waals surface area contributed by atoms with Gasteiger partial charge in [-0.25, -0.2) is 4.98 Å². The minimum Gasteiger partial charge on any atom is -0.330 e. The molecule has 0 radical (unpaired) electrons. The number of carbonyl (C=O) groups excluding carboxylic acids is 1. The first-order chi connectivity index (χ1) is 6.72. The zero-order valence-corrected chi connectivity index (χ0v) is 8.23. The van der Waals surface area contributed by atoms with Gasteiger partial charge in [0.25, 0.3) is 0 Å². The quantitative estimate of drug-likeness (QED) is 0.749. The number of nitrogens with zero attached hydrogens (tertiary/aromatic N) is 1. The fourth-order valence-electron chi connectivity index (χ4n) is 1.03. The van der Waals surface area contributed by atoms with Crippen molar-refractivity contribution in [3.63, 3.8) is 0 Å². The van der Waals surface area contributed by atoms with Crippen LogP contribution in [0.5, 0.6) is 0 Å². The van der Waals surface area contributed by atoms with Crippen LogP contribution in [0.1, 0.15) is 13.3 Å². The van der Waals surface area contributed by atoms with Crippen molar-refractivity contribution < 1.29 is 4.79 Å². The second kappa shape index (κ2) is 5.34. The van der Waals surface area contributed by atoms with Gasteiger partial charge in [-0.1, -0.05) is 13.0 Å². The van der Waals surface area contributed by atoms with Crippen molar-refractivity contribution >= 4 is 11.7 Å². The third-order valence-electron chi connectivity index (χ3n) is 1.87. The number of aromatic nitrogens is 1. The molecule has 0 aliphatic rings. The van der Waals surface area contributed by atoms with Gasteiger partial charge in [0.2, 0.25) is 5.91 Å². The van der Waals surface area contributed by atoms with E-state index in [1.54, 1.807) is 18.3 Å². The van der Waals surface area contributed by atoms with Crippen molar-refractivity contribution in [3.8, 4) is 0 Å². The monoisotopic (exact) mass is 193 g/mol. The lowest BCUT2D eigenvalue weighted by atomic mass is 10.1. The highest BCUT2D eigenvalue weighted by atomic mass is 16.1. The Bertz CT molecular complexity index is 287. The van der Waals surface area contributed by atoms with E-state index in [9.17, 15) is 4.79 Å². The predicted molar refractivity (Wildman–Crippen MR) is 55.7 cm³/mol. The predicted octanol–water partition coefficient (Wildman–Crippen LogP) is 1.00. The first kappa shape index (κ1) is 10.7. The number of amides is 1. The molecule has 76 valence electrons. The summed E-state index contributed by atoms with van der Waals surface area (Å²) < 4.78 is 0. The molecule has 0 saturated heterocycles. The number of nitrogens with two attached hydrogens (primary N) is 1. The summed E-state index contributed by atoms with van der Waals surface area (Å²) in [5, 5.41) is 2.70. The van der Waals surface area contributed by atoms with Gasteiger partial charge in [0.05, 0.1) is 0 Å². The third-order valence-corrected chi connectivity index (χ3v) is 1.87. The fraction of sp³-hybridized carbons (Fsp3) is 0.400. The molecule has 0 aliphatic carbocycles. The van der Waals surface area contributed by atoms with Gasteiger partial charge in [0.15, 0.2) is 0 Å². The maximum Gasteiger partial charge on any atom is 0.225 e. The normalized spacial score (nSPS) is 12.1. The first-order valence-electron chi connectivity index (χ1n) is 4.63. The van der Waals surface area contributed by atoms with E-state index in [4.69, 9.17) is 5.73 Å². The summed E-state index contributed by atoms with van der Waals surface area (Å²) in [7, 11) is 0. The molecule has 3 N–H and O–H groups in total. The second-order valence-corrected chi connectivity index (χ2v) is 3.31. The summed E-state index contributed by atoms with van der Waals surface area (Å²) in [6, 6.07) is 5.39. The Labute approximate surface area is 83.5 Å². The Kier molecular flexibility index (Phi) is 4.07. The first-order valence-corrected chi connectivity index (χ1v) is 4.63. The summed E-state index contributed by atoms with van der Waals surface area (Å²) in [5.41, 5.74) is 5.42. The maximum absolute atomic E-state index is 11.4. The van der Waals surface area contributed by atoms with E-state index in [-0.39, 0.29) is 11.8 Å². The Balaban J connectivity index is 2.42. The average Bonchev–Trinajstić information content (AvgIpc) is 2.19. The molecule has 1 unspecified atom stereocenters. The van der Waals surface area contributed by atoms with Crippen LogP contribution >= 0.6 is 0 Å². The molecule has 0 aromatic carbocycles. The van der Waals surface area contributed by atoms with Crippen molar-refractivity contribution in [1.29, 1.82) is 0 Å². The number of hydrogen-bond donors (Lipinski definition) is 2. The van der Waals surface area contributed by atoms with Crippen LogP contribution in [-0.2, 0) is 4.79 Å². The van der Waals surface area contributed by atoms with Gasteiger partial charge in [-0.2, -0.15) is 0 Å². The zero-order chi connectivity index (χ0) is 10.4. The van der Waals surface area contributed by atoms with Crippen molar-refractivity contribution in [2.24, 2.45) is 11.7 Å². The maximum atomic E-state index is 11.4. The molecule has 0 saturated carbocycles. The topological polar surface area (TPSA) is 68.0 Å². The molecule has 1 rings (SSSR count). The molecule has 0 bridgehead atoms. The van der Waals surface area contributed by atoms with Crippen LogP contribution in [0.3, 0.4) is 0 Å². The smallest absolute Gasteiger partial charge is 0.225 e. The van der Waals surface area contributed by atoms with Gasteiger partial charge in [-0.3, -0.25) is 4.79 Å².